The number of thioether (sulfide) groups is 1. The number of benzene rings is 3. The Morgan fingerprint density at radius 2 is 1.22 bits per heavy atom. The van der Waals surface area contributed by atoms with Crippen LogP contribution in [0.3, 0.4) is 0 Å². The Morgan fingerprint density at radius 3 is 1.70 bits per heavy atom. The molecular formula is C49H58N2O15S. The number of alkyl carbamates (subject to hydrolysis) is 1. The van der Waals surface area contributed by atoms with Gasteiger partial charge in [0.2, 0.25) is 5.91 Å². The number of hydrogen-bond acceptors (Lipinski definition) is 16. The van der Waals surface area contributed by atoms with Gasteiger partial charge < -0.3 is 48.5 Å². The predicted molar refractivity (Wildman–Crippen MR) is 245 cm³/mol. The fourth-order valence-electron chi connectivity index (χ4n) is 6.99. The molecule has 2 N–H and O–H groups in total. The van der Waals surface area contributed by atoms with E-state index in [0.717, 1.165) is 37.5 Å². The Bertz CT molecular complexity index is 2070. The molecule has 0 aromatic heterocycles. The van der Waals surface area contributed by atoms with Crippen molar-refractivity contribution in [1.29, 1.82) is 0 Å². The van der Waals surface area contributed by atoms with Crippen molar-refractivity contribution in [1.82, 2.24) is 10.6 Å². The quantitative estimate of drug-likeness (QED) is 0.0552. The molecule has 0 radical (unpaired) electrons. The average Bonchev–Trinajstić information content (AvgIpc) is 3.28. The molecule has 0 spiro atoms. The van der Waals surface area contributed by atoms with Crippen LogP contribution in [0.5, 0.6) is 0 Å². The van der Waals surface area contributed by atoms with Gasteiger partial charge in [0.05, 0.1) is 11.2 Å². The molecule has 4 rings (SSSR count). The summed E-state index contributed by atoms with van der Waals surface area (Å²) in [5.41, 5.74) is 1.55. The Labute approximate surface area is 394 Å². The summed E-state index contributed by atoms with van der Waals surface area (Å²) in [6, 6.07) is 25.6. The van der Waals surface area contributed by atoms with E-state index in [0.29, 0.717) is 0 Å². The van der Waals surface area contributed by atoms with Crippen LogP contribution in [0.2, 0.25) is 0 Å². The van der Waals surface area contributed by atoms with Gasteiger partial charge in [-0.2, -0.15) is 0 Å². The fourth-order valence-corrected chi connectivity index (χ4v) is 8.55. The molecule has 67 heavy (non-hydrogen) atoms. The lowest BCUT2D eigenvalue weighted by Gasteiger charge is -2.45. The van der Waals surface area contributed by atoms with Gasteiger partial charge in [-0.15, -0.1) is 11.8 Å². The van der Waals surface area contributed by atoms with E-state index in [1.165, 1.54) is 23.9 Å². The van der Waals surface area contributed by atoms with Crippen LogP contribution < -0.4 is 10.6 Å². The smallest absolute Gasteiger partial charge is 0.408 e. The Morgan fingerprint density at radius 1 is 0.716 bits per heavy atom. The van der Waals surface area contributed by atoms with Gasteiger partial charge in [-0.1, -0.05) is 116 Å². The van der Waals surface area contributed by atoms with Crippen molar-refractivity contribution < 1.29 is 71.5 Å². The number of esters is 5. The number of hydrogen-bond donors (Lipinski definition) is 2. The topological polar surface area (TPSA) is 217 Å². The first-order valence-corrected chi connectivity index (χ1v) is 22.3. The zero-order valence-electron chi connectivity index (χ0n) is 38.3. The van der Waals surface area contributed by atoms with E-state index in [-0.39, 0.29) is 19.0 Å². The number of nitrogens with one attached hydrogen (secondary N) is 2. The normalized spacial score (nSPS) is 18.9. The molecule has 3 aromatic rings. The molecular weight excluding hydrogens is 889 g/mol. The summed E-state index contributed by atoms with van der Waals surface area (Å²) in [7, 11) is 0. The maximum Gasteiger partial charge on any atom is 0.408 e. The molecule has 1 fully saturated rings. The van der Waals surface area contributed by atoms with E-state index in [4.69, 9.17) is 37.9 Å². The molecule has 1 saturated heterocycles. The highest BCUT2D eigenvalue weighted by Crippen LogP contribution is 2.48. The minimum Gasteiger partial charge on any atom is -0.463 e. The molecule has 0 bridgehead atoms. The molecule has 1 aliphatic rings. The Kier molecular flexibility index (Phi) is 20.2. The first-order valence-electron chi connectivity index (χ1n) is 21.3. The van der Waals surface area contributed by atoms with Crippen molar-refractivity contribution in [2.45, 2.75) is 101 Å². The van der Waals surface area contributed by atoms with Crippen LogP contribution in [0.1, 0.15) is 64.7 Å². The third kappa shape index (κ3) is 15.8. The van der Waals surface area contributed by atoms with E-state index in [1.54, 1.807) is 20.8 Å². The molecule has 17 nitrogen and oxygen atoms in total. The van der Waals surface area contributed by atoms with Crippen LogP contribution in [0.25, 0.3) is 0 Å². The maximum absolute atomic E-state index is 15.1. The minimum atomic E-state index is -1.86. The van der Waals surface area contributed by atoms with Crippen molar-refractivity contribution >= 4 is 53.6 Å². The first kappa shape index (κ1) is 53.1. The number of rotatable bonds is 22. The number of amides is 2. The van der Waals surface area contributed by atoms with E-state index in [1.807, 2.05) is 91.0 Å². The second-order valence-corrected chi connectivity index (χ2v) is 17.3. The van der Waals surface area contributed by atoms with Crippen molar-refractivity contribution in [2.24, 2.45) is 0 Å². The lowest BCUT2D eigenvalue weighted by Crippen LogP contribution is -2.68. The summed E-state index contributed by atoms with van der Waals surface area (Å²) in [5.74, 6) is -5.60. The van der Waals surface area contributed by atoms with Gasteiger partial charge >= 0.3 is 35.9 Å². The van der Waals surface area contributed by atoms with Gasteiger partial charge in [0, 0.05) is 26.5 Å². The fraction of sp³-hybridized carbons (Fsp3) is 0.408. The van der Waals surface area contributed by atoms with Crippen LogP contribution in [0, 0.1) is 0 Å². The summed E-state index contributed by atoms with van der Waals surface area (Å²) >= 11 is 1.33. The van der Waals surface area contributed by atoms with Crippen molar-refractivity contribution in [2.75, 3.05) is 25.6 Å². The van der Waals surface area contributed by atoms with E-state index < -0.39 is 108 Å². The van der Waals surface area contributed by atoms with Crippen molar-refractivity contribution in [3.05, 3.63) is 133 Å². The van der Waals surface area contributed by atoms with Gasteiger partial charge in [-0.05, 0) is 37.5 Å². The highest BCUT2D eigenvalue weighted by atomic mass is 32.2. The van der Waals surface area contributed by atoms with Gasteiger partial charge in [0.1, 0.15) is 43.6 Å². The lowest BCUT2D eigenvalue weighted by atomic mass is 9.84. The average molecular weight is 947 g/mol. The summed E-state index contributed by atoms with van der Waals surface area (Å²) in [4.78, 5) is 92.8. The zero-order chi connectivity index (χ0) is 49.1. The molecule has 1 heterocycles. The molecule has 3 aromatic carbocycles. The minimum absolute atomic E-state index is 0.144. The molecule has 0 unspecified atom stereocenters. The molecule has 7 atom stereocenters. The predicted octanol–water partition coefficient (Wildman–Crippen LogP) is 5.47. The van der Waals surface area contributed by atoms with Crippen molar-refractivity contribution in [3.63, 3.8) is 0 Å². The molecule has 0 aliphatic carbocycles. The van der Waals surface area contributed by atoms with Crippen LogP contribution in [0.4, 0.5) is 4.79 Å². The van der Waals surface area contributed by atoms with Crippen LogP contribution in [0.15, 0.2) is 116 Å². The maximum atomic E-state index is 15.1. The standard InChI is InChI=1S/C49H58N2O15S/c1-9-26-59-40(55)28-38(45(57)60-27-10-2)64-46-41(43(63-33(5)54)42(62-32(4)53)39(65-46)29-61-31(3)52)51-44(56)37(50-47(58)66-48(6,7)8)30-67-49(34-20-14-11-15-21-34,35-22-16-12-17-23-35)36-24-18-13-19-25-36/h9-25,37-39,41-43,46H,1-2,26-30H2,3-8H3,(H,50,58)(H,51,56)/t37-,38-,39+,41+,42+,43+,46-/m0/s1. The van der Waals surface area contributed by atoms with E-state index in [9.17, 15) is 28.8 Å². The zero-order valence-corrected chi connectivity index (χ0v) is 39.2. The second-order valence-electron chi connectivity index (χ2n) is 16.0. The molecule has 360 valence electrons. The summed E-state index contributed by atoms with van der Waals surface area (Å²) in [6.45, 7) is 14.1. The van der Waals surface area contributed by atoms with Crippen LogP contribution in [-0.2, 0) is 71.4 Å². The summed E-state index contributed by atoms with van der Waals surface area (Å²) in [6.07, 6.45) is -7.50. The molecule has 2 amide bonds. The third-order valence-electron chi connectivity index (χ3n) is 9.64. The number of carbonyl (C=O) groups excluding carboxylic acids is 7. The number of carbonyl (C=O) groups is 7. The van der Waals surface area contributed by atoms with Crippen molar-refractivity contribution in [3.8, 4) is 0 Å². The van der Waals surface area contributed by atoms with Gasteiger partial charge in [0.15, 0.2) is 24.6 Å². The molecule has 1 aliphatic heterocycles. The second kappa shape index (κ2) is 25.4. The Balaban J connectivity index is 1.89. The molecule has 18 heteroatoms. The third-order valence-corrected chi connectivity index (χ3v) is 11.3. The van der Waals surface area contributed by atoms with Crippen LogP contribution in [-0.4, -0.2) is 116 Å². The SMILES string of the molecule is C=CCOC(=O)C[C@H](O[C@H]1O[C@H](COC(C)=O)[C@@H](OC(C)=O)[C@H](OC(C)=O)[C@H]1NC(=O)[C@H](CSC(c1ccccc1)(c1ccccc1)c1ccccc1)NC(=O)OC(C)(C)C)C(=O)OCC=C. The number of ether oxygens (including phenoxy) is 8. The van der Waals surface area contributed by atoms with Gasteiger partial charge in [0.25, 0.3) is 0 Å². The highest BCUT2D eigenvalue weighted by Gasteiger charge is 2.53. The highest BCUT2D eigenvalue weighted by molar-refractivity contribution is 8.00. The first-order chi connectivity index (χ1) is 31.9. The van der Waals surface area contributed by atoms with E-state index in [2.05, 4.69) is 23.8 Å². The Hall–Kier alpha value is -6.50. The summed E-state index contributed by atoms with van der Waals surface area (Å²) in [5, 5.41) is 5.46. The lowest BCUT2D eigenvalue weighted by molar-refractivity contribution is -0.287. The monoisotopic (exact) mass is 946 g/mol. The van der Waals surface area contributed by atoms with Gasteiger partial charge in [-0.3, -0.25) is 24.0 Å². The molecule has 0 saturated carbocycles. The summed E-state index contributed by atoms with van der Waals surface area (Å²) < 4.78 is 44.0. The largest absolute Gasteiger partial charge is 0.463 e. The van der Waals surface area contributed by atoms with Crippen LogP contribution >= 0.6 is 11.8 Å². The van der Waals surface area contributed by atoms with Gasteiger partial charge in [-0.25, -0.2) is 9.59 Å². The van der Waals surface area contributed by atoms with E-state index >= 15 is 4.79 Å².